The number of hydrogen-bond donors (Lipinski definition) is 0. The van der Waals surface area contributed by atoms with Crippen molar-refractivity contribution >= 4 is 0 Å². The first-order valence-corrected chi connectivity index (χ1v) is 20.8. The Labute approximate surface area is 295 Å². The summed E-state index contributed by atoms with van der Waals surface area (Å²) in [5.41, 5.74) is 0. The fraction of sp³-hybridized carbons (Fsp3) is 0.762. The van der Waals surface area contributed by atoms with Gasteiger partial charge in [-0.2, -0.15) is 19.1 Å². The summed E-state index contributed by atoms with van der Waals surface area (Å²) in [5.74, 6) is 1.82. The standard InChI is InChI=1S/C42H74N6/c1-3-5-7-9-11-13-15-17-19-21-23-25-27-29-31-45-33-35-47(39-45)41-37-42(44-38-43-41)48-36-34-46(40-48)32-30-28-26-24-22-20-18-16-14-12-10-8-6-4-2/h33-40H,3-32H2,1-2H3/q+2. The Morgan fingerprint density at radius 3 is 1.02 bits per heavy atom. The Morgan fingerprint density at radius 2 is 0.708 bits per heavy atom. The van der Waals surface area contributed by atoms with Crippen LogP contribution in [0.25, 0.3) is 11.6 Å². The molecule has 6 heteroatoms. The van der Waals surface area contributed by atoms with Gasteiger partial charge in [-0.15, -0.1) is 0 Å². The molecule has 48 heavy (non-hydrogen) atoms. The average molecular weight is 663 g/mol. The molecule has 0 aromatic carbocycles. The van der Waals surface area contributed by atoms with Gasteiger partial charge in [0.2, 0.25) is 24.3 Å². The third-order valence-corrected chi connectivity index (χ3v) is 10.1. The largest absolute Gasteiger partial charge is 0.250 e. The lowest BCUT2D eigenvalue weighted by Gasteiger charge is -2.03. The molecule has 3 aromatic rings. The van der Waals surface area contributed by atoms with Crippen LogP contribution in [0.4, 0.5) is 0 Å². The molecule has 0 saturated carbocycles. The summed E-state index contributed by atoms with van der Waals surface area (Å²) in [7, 11) is 0. The van der Waals surface area contributed by atoms with E-state index in [0.29, 0.717) is 0 Å². The van der Waals surface area contributed by atoms with Crippen molar-refractivity contribution < 1.29 is 9.13 Å². The highest BCUT2D eigenvalue weighted by molar-refractivity contribution is 5.31. The third kappa shape index (κ3) is 18.3. The van der Waals surface area contributed by atoms with E-state index in [2.05, 4.69) is 85.6 Å². The summed E-state index contributed by atoms with van der Waals surface area (Å²) in [6.07, 6.45) is 53.8. The molecule has 0 fully saturated rings. The average Bonchev–Trinajstić information content (AvgIpc) is 3.79. The van der Waals surface area contributed by atoms with Gasteiger partial charge in [-0.3, -0.25) is 0 Å². The normalized spacial score (nSPS) is 11.5. The topological polar surface area (TPSA) is 43.4 Å². The Morgan fingerprint density at radius 1 is 0.417 bits per heavy atom. The van der Waals surface area contributed by atoms with E-state index in [9.17, 15) is 0 Å². The predicted octanol–water partition coefficient (Wildman–Crippen LogP) is 11.6. The molecule has 0 aliphatic carbocycles. The lowest BCUT2D eigenvalue weighted by molar-refractivity contribution is -0.696. The Bertz CT molecular complexity index is 1060. The van der Waals surface area contributed by atoms with Crippen LogP contribution in [0.3, 0.4) is 0 Å². The van der Waals surface area contributed by atoms with E-state index in [1.54, 1.807) is 6.33 Å². The number of aromatic nitrogens is 6. The fourth-order valence-corrected chi connectivity index (χ4v) is 6.92. The van der Waals surface area contributed by atoms with E-state index in [0.717, 1.165) is 24.7 Å². The zero-order chi connectivity index (χ0) is 33.7. The fourth-order valence-electron chi connectivity index (χ4n) is 6.92. The van der Waals surface area contributed by atoms with Crippen LogP contribution in [0.15, 0.2) is 49.8 Å². The van der Waals surface area contributed by atoms with Crippen molar-refractivity contribution in [2.45, 2.75) is 207 Å². The van der Waals surface area contributed by atoms with Gasteiger partial charge in [-0.1, -0.05) is 168 Å². The molecule has 3 rings (SSSR count). The van der Waals surface area contributed by atoms with Crippen LogP contribution in [0, 0.1) is 0 Å². The highest BCUT2D eigenvalue weighted by atomic mass is 15.2. The van der Waals surface area contributed by atoms with Gasteiger partial charge >= 0.3 is 0 Å². The molecule has 3 heterocycles. The second-order valence-corrected chi connectivity index (χ2v) is 14.5. The molecule has 0 N–H and O–H groups in total. The number of hydrogen-bond acceptors (Lipinski definition) is 2. The van der Waals surface area contributed by atoms with E-state index >= 15 is 0 Å². The van der Waals surface area contributed by atoms with Gasteiger partial charge in [0.25, 0.3) is 0 Å². The van der Waals surface area contributed by atoms with E-state index in [4.69, 9.17) is 0 Å². The SMILES string of the molecule is CCCCCCCCCCCCCCCC[n+]1ccn(-c2cc(-n3cc[n+](CCCCCCCCCCCCCCCC)c3)ncn2)c1. The summed E-state index contributed by atoms with van der Waals surface area (Å²) in [5, 5.41) is 0. The first kappa shape index (κ1) is 39.9. The number of aryl methyl sites for hydroxylation is 2. The molecule has 0 saturated heterocycles. The molecular formula is C42H74N6+2. The van der Waals surface area contributed by atoms with Crippen LogP contribution in [-0.2, 0) is 13.1 Å². The van der Waals surface area contributed by atoms with Gasteiger partial charge in [0.15, 0.2) is 0 Å². The molecule has 0 amide bonds. The quantitative estimate of drug-likeness (QED) is 0.0493. The minimum Gasteiger partial charge on any atom is -0.236 e. The maximum atomic E-state index is 4.57. The molecule has 0 unspecified atom stereocenters. The Kier molecular flexibility index (Phi) is 22.7. The Hall–Kier alpha value is -2.50. The first-order chi connectivity index (χ1) is 23.8. The number of rotatable bonds is 32. The molecular weight excluding hydrogens is 589 g/mol. The minimum atomic E-state index is 0.909. The molecule has 6 nitrogen and oxygen atoms in total. The van der Waals surface area contributed by atoms with Crippen LogP contribution in [0.2, 0.25) is 0 Å². The van der Waals surface area contributed by atoms with Crippen molar-refractivity contribution in [2.75, 3.05) is 0 Å². The zero-order valence-electron chi connectivity index (χ0n) is 31.5. The molecule has 270 valence electrons. The van der Waals surface area contributed by atoms with Crippen molar-refractivity contribution in [2.24, 2.45) is 0 Å². The van der Waals surface area contributed by atoms with Crippen molar-refractivity contribution in [1.29, 1.82) is 0 Å². The van der Waals surface area contributed by atoms with E-state index in [1.807, 2.05) is 0 Å². The van der Waals surface area contributed by atoms with Crippen LogP contribution in [-0.4, -0.2) is 19.1 Å². The highest BCUT2D eigenvalue weighted by Gasteiger charge is 2.14. The molecule has 0 spiro atoms. The highest BCUT2D eigenvalue weighted by Crippen LogP contribution is 2.15. The maximum Gasteiger partial charge on any atom is 0.250 e. The van der Waals surface area contributed by atoms with E-state index < -0.39 is 0 Å². The third-order valence-electron chi connectivity index (χ3n) is 10.1. The van der Waals surface area contributed by atoms with Gasteiger partial charge < -0.3 is 0 Å². The monoisotopic (exact) mass is 663 g/mol. The molecule has 0 bridgehead atoms. The van der Waals surface area contributed by atoms with Crippen molar-refractivity contribution in [3.63, 3.8) is 0 Å². The predicted molar refractivity (Wildman–Crippen MR) is 202 cm³/mol. The van der Waals surface area contributed by atoms with Gasteiger partial charge in [0.1, 0.15) is 31.1 Å². The number of unbranched alkanes of at least 4 members (excludes halogenated alkanes) is 26. The van der Waals surface area contributed by atoms with Gasteiger partial charge in [-0.25, -0.2) is 9.13 Å². The lowest BCUT2D eigenvalue weighted by Crippen LogP contribution is -2.31. The summed E-state index contributed by atoms with van der Waals surface area (Å²) in [4.78, 5) is 9.13. The van der Waals surface area contributed by atoms with E-state index in [1.165, 1.54) is 180 Å². The molecule has 0 aliphatic rings. The molecule has 0 atom stereocenters. The van der Waals surface area contributed by atoms with Crippen molar-refractivity contribution in [3.05, 3.63) is 49.8 Å². The summed E-state index contributed by atoms with van der Waals surface area (Å²) in [6.45, 7) is 6.73. The second-order valence-electron chi connectivity index (χ2n) is 14.5. The summed E-state index contributed by atoms with van der Waals surface area (Å²) < 4.78 is 8.81. The molecule has 0 radical (unpaired) electrons. The number of imidazole rings is 2. The minimum absolute atomic E-state index is 0.909. The van der Waals surface area contributed by atoms with Crippen LogP contribution >= 0.6 is 0 Å². The van der Waals surface area contributed by atoms with Crippen molar-refractivity contribution in [1.82, 2.24) is 19.1 Å². The van der Waals surface area contributed by atoms with Gasteiger partial charge in [0, 0.05) is 0 Å². The van der Waals surface area contributed by atoms with Crippen LogP contribution < -0.4 is 9.13 Å². The smallest absolute Gasteiger partial charge is 0.236 e. The molecule has 3 aromatic heterocycles. The van der Waals surface area contributed by atoms with Crippen LogP contribution in [0.5, 0.6) is 0 Å². The Balaban J connectivity index is 1.22. The number of nitrogens with zero attached hydrogens (tertiary/aromatic N) is 6. The summed E-state index contributed by atoms with van der Waals surface area (Å²) >= 11 is 0. The summed E-state index contributed by atoms with van der Waals surface area (Å²) in [6, 6.07) is 2.08. The van der Waals surface area contributed by atoms with E-state index in [-0.39, 0.29) is 0 Å². The zero-order valence-corrected chi connectivity index (χ0v) is 31.5. The lowest BCUT2D eigenvalue weighted by atomic mass is 10.0. The van der Waals surface area contributed by atoms with Gasteiger partial charge in [-0.05, 0) is 25.7 Å². The first-order valence-electron chi connectivity index (χ1n) is 20.8. The van der Waals surface area contributed by atoms with Crippen LogP contribution in [0.1, 0.15) is 194 Å². The molecule has 0 aliphatic heterocycles. The van der Waals surface area contributed by atoms with Gasteiger partial charge in [0.05, 0.1) is 19.2 Å². The van der Waals surface area contributed by atoms with Crippen molar-refractivity contribution in [3.8, 4) is 11.6 Å². The second kappa shape index (κ2) is 27.3. The maximum absolute atomic E-state index is 4.57.